The summed E-state index contributed by atoms with van der Waals surface area (Å²) in [5.41, 5.74) is 0.851. The summed E-state index contributed by atoms with van der Waals surface area (Å²) in [7, 11) is 1.64. The highest BCUT2D eigenvalue weighted by molar-refractivity contribution is 5.93. The normalized spacial score (nSPS) is 25.4. The molecular formula is C16H24N4O. The molecule has 2 bridgehead atoms. The standard InChI is InChI=1S/C16H24N4O/c1-16(2,3)20-10-12-7-13(20)9-19(12)14-6-5-11(8-18-14)15(21)17-4/h5-6,8,12-13H,7,9-10H2,1-4H3,(H,17,21)/t12-,13-/m1/s1. The van der Waals surface area contributed by atoms with Gasteiger partial charge in [-0.15, -0.1) is 0 Å². The molecule has 2 saturated heterocycles. The minimum atomic E-state index is -0.0871. The number of carbonyl (C=O) groups excluding carboxylic acids is 1. The number of likely N-dealkylation sites (tertiary alicyclic amines) is 1. The fraction of sp³-hybridized carbons (Fsp3) is 0.625. The van der Waals surface area contributed by atoms with E-state index in [4.69, 9.17) is 0 Å². The van der Waals surface area contributed by atoms with Gasteiger partial charge in [0, 0.05) is 44.0 Å². The molecule has 5 nitrogen and oxygen atoms in total. The lowest BCUT2D eigenvalue weighted by atomic mass is 10.0. The van der Waals surface area contributed by atoms with Crippen LogP contribution in [-0.2, 0) is 0 Å². The van der Waals surface area contributed by atoms with E-state index in [-0.39, 0.29) is 11.4 Å². The van der Waals surface area contributed by atoms with Crippen LogP contribution in [0.15, 0.2) is 18.3 Å². The number of nitrogens with zero attached hydrogens (tertiary/aromatic N) is 3. The number of pyridine rings is 1. The summed E-state index contributed by atoms with van der Waals surface area (Å²) in [6.45, 7) is 9.00. The molecule has 21 heavy (non-hydrogen) atoms. The quantitative estimate of drug-likeness (QED) is 0.896. The summed E-state index contributed by atoms with van der Waals surface area (Å²) in [5, 5.41) is 2.62. The Bertz CT molecular complexity index is 534. The zero-order valence-electron chi connectivity index (χ0n) is 13.3. The molecule has 0 radical (unpaired) electrons. The lowest BCUT2D eigenvalue weighted by Gasteiger charge is -2.42. The van der Waals surface area contributed by atoms with Crippen LogP contribution in [0, 0.1) is 0 Å². The van der Waals surface area contributed by atoms with Gasteiger partial charge in [0.1, 0.15) is 5.82 Å². The predicted molar refractivity (Wildman–Crippen MR) is 83.6 cm³/mol. The summed E-state index contributed by atoms with van der Waals surface area (Å²) in [6, 6.07) is 4.99. The van der Waals surface area contributed by atoms with E-state index in [1.807, 2.05) is 12.1 Å². The minimum absolute atomic E-state index is 0.0871. The second kappa shape index (κ2) is 4.98. The molecule has 1 aromatic heterocycles. The Morgan fingerprint density at radius 1 is 1.29 bits per heavy atom. The van der Waals surface area contributed by atoms with Crippen LogP contribution in [0.4, 0.5) is 5.82 Å². The second-order valence-electron chi connectivity index (χ2n) is 7.00. The third-order valence-corrected chi connectivity index (χ3v) is 4.63. The van der Waals surface area contributed by atoms with Crippen LogP contribution >= 0.6 is 0 Å². The van der Waals surface area contributed by atoms with Gasteiger partial charge in [-0.3, -0.25) is 9.69 Å². The Labute approximate surface area is 126 Å². The molecule has 1 N–H and O–H groups in total. The molecule has 0 unspecified atom stereocenters. The molecule has 2 aliphatic rings. The molecule has 1 aromatic rings. The largest absolute Gasteiger partial charge is 0.355 e. The smallest absolute Gasteiger partial charge is 0.252 e. The van der Waals surface area contributed by atoms with Crippen molar-refractivity contribution in [2.45, 2.75) is 44.8 Å². The van der Waals surface area contributed by atoms with Gasteiger partial charge in [0.05, 0.1) is 5.56 Å². The number of amides is 1. The molecule has 3 heterocycles. The summed E-state index contributed by atoms with van der Waals surface area (Å²) in [5.74, 6) is 0.902. The molecule has 5 heteroatoms. The van der Waals surface area contributed by atoms with Crippen molar-refractivity contribution in [2.75, 3.05) is 25.0 Å². The van der Waals surface area contributed by atoms with Gasteiger partial charge in [0.25, 0.3) is 5.91 Å². The highest BCUT2D eigenvalue weighted by Gasteiger charge is 2.47. The van der Waals surface area contributed by atoms with Gasteiger partial charge < -0.3 is 10.2 Å². The van der Waals surface area contributed by atoms with Crippen molar-refractivity contribution in [3.05, 3.63) is 23.9 Å². The van der Waals surface area contributed by atoms with Crippen LogP contribution in [0.2, 0.25) is 0 Å². The highest BCUT2D eigenvalue weighted by Crippen LogP contribution is 2.37. The number of hydrogen-bond donors (Lipinski definition) is 1. The number of fused-ring (bicyclic) bond motifs is 2. The molecule has 2 fully saturated rings. The first-order chi connectivity index (χ1) is 9.90. The lowest BCUT2D eigenvalue weighted by molar-refractivity contribution is 0.0962. The van der Waals surface area contributed by atoms with Crippen molar-refractivity contribution in [3.63, 3.8) is 0 Å². The van der Waals surface area contributed by atoms with Gasteiger partial charge in [-0.25, -0.2) is 4.98 Å². The fourth-order valence-corrected chi connectivity index (χ4v) is 3.60. The summed E-state index contributed by atoms with van der Waals surface area (Å²) in [4.78, 5) is 21.0. The van der Waals surface area contributed by atoms with Gasteiger partial charge in [0.2, 0.25) is 0 Å². The maximum absolute atomic E-state index is 11.6. The molecule has 114 valence electrons. The SMILES string of the molecule is CNC(=O)c1ccc(N2C[C@H]3C[C@@H]2CN3C(C)(C)C)nc1. The monoisotopic (exact) mass is 288 g/mol. The molecule has 3 rings (SSSR count). The van der Waals surface area contributed by atoms with Crippen molar-refractivity contribution in [3.8, 4) is 0 Å². The van der Waals surface area contributed by atoms with E-state index < -0.39 is 0 Å². The third-order valence-electron chi connectivity index (χ3n) is 4.63. The van der Waals surface area contributed by atoms with E-state index in [0.717, 1.165) is 18.9 Å². The van der Waals surface area contributed by atoms with E-state index in [2.05, 4.69) is 40.9 Å². The van der Waals surface area contributed by atoms with Crippen LogP contribution in [0.5, 0.6) is 0 Å². The third kappa shape index (κ3) is 2.50. The Balaban J connectivity index is 1.72. The summed E-state index contributed by atoms with van der Waals surface area (Å²) in [6.07, 6.45) is 2.89. The van der Waals surface area contributed by atoms with Crippen molar-refractivity contribution in [1.82, 2.24) is 15.2 Å². The maximum atomic E-state index is 11.6. The molecule has 1 amide bonds. The zero-order valence-corrected chi connectivity index (χ0v) is 13.3. The minimum Gasteiger partial charge on any atom is -0.355 e. The Hall–Kier alpha value is -1.62. The summed E-state index contributed by atoms with van der Waals surface area (Å²) < 4.78 is 0. The number of anilines is 1. The fourth-order valence-electron chi connectivity index (χ4n) is 3.60. The molecule has 0 aliphatic carbocycles. The first-order valence-electron chi connectivity index (χ1n) is 7.61. The van der Waals surface area contributed by atoms with Crippen molar-refractivity contribution in [1.29, 1.82) is 0 Å². The molecular weight excluding hydrogens is 264 g/mol. The van der Waals surface area contributed by atoms with Crippen molar-refractivity contribution in [2.24, 2.45) is 0 Å². The average Bonchev–Trinajstić information content (AvgIpc) is 3.06. The van der Waals surface area contributed by atoms with E-state index in [0.29, 0.717) is 17.6 Å². The molecule has 0 spiro atoms. The Kier molecular flexibility index (Phi) is 3.40. The number of rotatable bonds is 2. The Morgan fingerprint density at radius 2 is 2.05 bits per heavy atom. The average molecular weight is 288 g/mol. The van der Waals surface area contributed by atoms with Gasteiger partial charge >= 0.3 is 0 Å². The molecule has 0 saturated carbocycles. The van der Waals surface area contributed by atoms with Gasteiger partial charge in [-0.05, 0) is 39.3 Å². The van der Waals surface area contributed by atoms with E-state index >= 15 is 0 Å². The zero-order chi connectivity index (χ0) is 15.2. The van der Waals surface area contributed by atoms with Crippen LogP contribution < -0.4 is 10.2 Å². The van der Waals surface area contributed by atoms with Crippen LogP contribution in [0.25, 0.3) is 0 Å². The Morgan fingerprint density at radius 3 is 2.52 bits per heavy atom. The van der Waals surface area contributed by atoms with Crippen LogP contribution in [-0.4, -0.2) is 53.6 Å². The van der Waals surface area contributed by atoms with Crippen molar-refractivity contribution >= 4 is 11.7 Å². The first kappa shape index (κ1) is 14.3. The van der Waals surface area contributed by atoms with E-state index in [1.54, 1.807) is 13.2 Å². The predicted octanol–water partition coefficient (Wildman–Crippen LogP) is 1.50. The number of nitrogens with one attached hydrogen (secondary N) is 1. The molecule has 0 aromatic carbocycles. The van der Waals surface area contributed by atoms with Gasteiger partial charge in [-0.1, -0.05) is 0 Å². The van der Waals surface area contributed by atoms with Gasteiger partial charge in [-0.2, -0.15) is 0 Å². The van der Waals surface area contributed by atoms with Crippen molar-refractivity contribution < 1.29 is 4.79 Å². The number of carbonyl (C=O) groups is 1. The number of piperazine rings is 1. The highest BCUT2D eigenvalue weighted by atomic mass is 16.1. The van der Waals surface area contributed by atoms with Gasteiger partial charge in [0.15, 0.2) is 0 Å². The number of hydrogen-bond acceptors (Lipinski definition) is 4. The number of aromatic nitrogens is 1. The van der Waals surface area contributed by atoms with Crippen LogP contribution in [0.1, 0.15) is 37.6 Å². The maximum Gasteiger partial charge on any atom is 0.252 e. The van der Waals surface area contributed by atoms with Crippen LogP contribution in [0.3, 0.4) is 0 Å². The summed E-state index contributed by atoms with van der Waals surface area (Å²) >= 11 is 0. The second-order valence-corrected chi connectivity index (χ2v) is 7.00. The topological polar surface area (TPSA) is 48.5 Å². The molecule has 2 atom stereocenters. The first-order valence-corrected chi connectivity index (χ1v) is 7.61. The molecule has 2 aliphatic heterocycles. The van der Waals surface area contributed by atoms with E-state index in [1.165, 1.54) is 6.42 Å². The van der Waals surface area contributed by atoms with E-state index in [9.17, 15) is 4.79 Å². The lowest BCUT2D eigenvalue weighted by Crippen LogP contribution is -2.53.